The van der Waals surface area contributed by atoms with Crippen LogP contribution in [-0.4, -0.2) is 6.04 Å². The first-order valence-corrected chi connectivity index (χ1v) is 9.48. The summed E-state index contributed by atoms with van der Waals surface area (Å²) in [6.45, 7) is 0. The Kier molecular flexibility index (Phi) is 3.61. The van der Waals surface area contributed by atoms with Crippen LogP contribution in [0.5, 0.6) is 0 Å². The van der Waals surface area contributed by atoms with E-state index in [1.165, 1.54) is 44.9 Å². The molecule has 5 saturated carbocycles. The maximum absolute atomic E-state index is 6.58. The Balaban J connectivity index is 1.34. The highest BCUT2D eigenvalue weighted by atomic mass is 14.7. The van der Waals surface area contributed by atoms with Gasteiger partial charge < -0.3 is 5.73 Å². The molecule has 0 aromatic carbocycles. The van der Waals surface area contributed by atoms with Crippen molar-refractivity contribution in [3.8, 4) is 0 Å². The van der Waals surface area contributed by atoms with Gasteiger partial charge in [-0.05, 0) is 93.3 Å². The Morgan fingerprint density at radius 1 is 0.850 bits per heavy atom. The van der Waals surface area contributed by atoms with Gasteiger partial charge in [-0.25, -0.2) is 0 Å². The van der Waals surface area contributed by atoms with Crippen molar-refractivity contribution in [3.63, 3.8) is 0 Å². The van der Waals surface area contributed by atoms with Crippen LogP contribution in [0.4, 0.5) is 0 Å². The molecule has 0 heterocycles. The Morgan fingerprint density at radius 3 is 1.95 bits per heavy atom. The van der Waals surface area contributed by atoms with Crippen LogP contribution in [0, 0.1) is 29.1 Å². The molecule has 0 saturated heterocycles. The lowest BCUT2D eigenvalue weighted by atomic mass is 9.48. The van der Waals surface area contributed by atoms with E-state index in [4.69, 9.17) is 5.73 Å². The molecule has 20 heavy (non-hydrogen) atoms. The van der Waals surface area contributed by atoms with E-state index in [2.05, 4.69) is 0 Å². The van der Waals surface area contributed by atoms with Gasteiger partial charge in [0.15, 0.2) is 0 Å². The van der Waals surface area contributed by atoms with E-state index in [1.54, 1.807) is 38.5 Å². The Labute approximate surface area is 125 Å². The van der Waals surface area contributed by atoms with Crippen molar-refractivity contribution in [1.82, 2.24) is 0 Å². The van der Waals surface area contributed by atoms with Gasteiger partial charge in [0, 0.05) is 6.04 Å². The summed E-state index contributed by atoms with van der Waals surface area (Å²) in [5.74, 6) is 4.17. The van der Waals surface area contributed by atoms with E-state index in [0.717, 1.165) is 29.1 Å². The molecule has 5 fully saturated rings. The lowest BCUT2D eigenvalue weighted by Crippen LogP contribution is -2.46. The van der Waals surface area contributed by atoms with E-state index in [1.807, 2.05) is 0 Å². The lowest BCUT2D eigenvalue weighted by Gasteiger charge is -2.57. The zero-order valence-electron chi connectivity index (χ0n) is 13.2. The summed E-state index contributed by atoms with van der Waals surface area (Å²) in [5.41, 5.74) is 7.33. The molecular weight excluding hydrogens is 242 g/mol. The SMILES string of the molecule is NC(CCC12CC3CC(CC(C3)C1)C2)C1CCCCC1. The molecule has 0 radical (unpaired) electrons. The fourth-order valence-corrected chi connectivity index (χ4v) is 6.87. The van der Waals surface area contributed by atoms with Gasteiger partial charge in [-0.15, -0.1) is 0 Å². The quantitative estimate of drug-likeness (QED) is 0.776. The van der Waals surface area contributed by atoms with Crippen molar-refractivity contribution < 1.29 is 0 Å². The molecule has 4 bridgehead atoms. The molecule has 2 N–H and O–H groups in total. The molecular formula is C19H33N. The third-order valence-corrected chi connectivity index (χ3v) is 7.43. The largest absolute Gasteiger partial charge is 0.327 e. The Morgan fingerprint density at radius 2 is 1.40 bits per heavy atom. The fourth-order valence-electron chi connectivity index (χ4n) is 6.87. The molecule has 114 valence electrons. The second kappa shape index (κ2) is 5.30. The predicted molar refractivity (Wildman–Crippen MR) is 84.4 cm³/mol. The standard InChI is InChI=1S/C19H33N/c20-18(17-4-2-1-3-5-17)6-7-19-11-14-8-15(12-19)10-16(9-14)13-19/h14-18H,1-13,20H2. The molecule has 1 atom stereocenters. The summed E-state index contributed by atoms with van der Waals surface area (Å²) in [6, 6.07) is 0.517. The van der Waals surface area contributed by atoms with Crippen LogP contribution in [0.1, 0.15) is 83.5 Å². The fraction of sp³-hybridized carbons (Fsp3) is 1.00. The van der Waals surface area contributed by atoms with E-state index >= 15 is 0 Å². The summed E-state index contributed by atoms with van der Waals surface area (Å²) in [7, 11) is 0. The third kappa shape index (κ3) is 2.56. The molecule has 5 aliphatic carbocycles. The van der Waals surface area contributed by atoms with Gasteiger partial charge in [-0.3, -0.25) is 0 Å². The van der Waals surface area contributed by atoms with Crippen molar-refractivity contribution in [1.29, 1.82) is 0 Å². The maximum Gasteiger partial charge on any atom is 0.00673 e. The van der Waals surface area contributed by atoms with Crippen molar-refractivity contribution in [2.75, 3.05) is 0 Å². The first-order chi connectivity index (χ1) is 9.72. The first-order valence-electron chi connectivity index (χ1n) is 9.48. The lowest BCUT2D eigenvalue weighted by molar-refractivity contribution is -0.0596. The molecule has 1 nitrogen and oxygen atoms in total. The monoisotopic (exact) mass is 275 g/mol. The number of hydrogen-bond donors (Lipinski definition) is 1. The molecule has 5 rings (SSSR count). The van der Waals surface area contributed by atoms with Crippen molar-refractivity contribution in [2.45, 2.75) is 89.5 Å². The first kappa shape index (κ1) is 13.6. The van der Waals surface area contributed by atoms with Crippen LogP contribution in [0.2, 0.25) is 0 Å². The zero-order valence-corrected chi connectivity index (χ0v) is 13.2. The number of hydrogen-bond acceptors (Lipinski definition) is 1. The average Bonchev–Trinajstić information content (AvgIpc) is 2.44. The van der Waals surface area contributed by atoms with E-state index in [9.17, 15) is 0 Å². The average molecular weight is 275 g/mol. The van der Waals surface area contributed by atoms with Crippen LogP contribution in [0.3, 0.4) is 0 Å². The van der Waals surface area contributed by atoms with Crippen LogP contribution < -0.4 is 5.73 Å². The van der Waals surface area contributed by atoms with E-state index in [0.29, 0.717) is 6.04 Å². The normalized spacial score (nSPS) is 45.8. The molecule has 0 amide bonds. The molecule has 0 spiro atoms. The number of rotatable bonds is 4. The van der Waals surface area contributed by atoms with Gasteiger partial charge >= 0.3 is 0 Å². The van der Waals surface area contributed by atoms with Gasteiger partial charge in [0.05, 0.1) is 0 Å². The number of nitrogens with two attached hydrogens (primary N) is 1. The Bertz CT molecular complexity index is 306. The van der Waals surface area contributed by atoms with Crippen LogP contribution >= 0.6 is 0 Å². The molecule has 5 aliphatic rings. The highest BCUT2D eigenvalue weighted by Crippen LogP contribution is 2.61. The topological polar surface area (TPSA) is 26.0 Å². The minimum atomic E-state index is 0.517. The molecule has 1 unspecified atom stereocenters. The van der Waals surface area contributed by atoms with Crippen molar-refractivity contribution in [2.24, 2.45) is 34.8 Å². The van der Waals surface area contributed by atoms with Gasteiger partial charge in [-0.2, -0.15) is 0 Å². The molecule has 0 aromatic heterocycles. The highest BCUT2D eigenvalue weighted by Gasteiger charge is 2.50. The smallest absolute Gasteiger partial charge is 0.00673 e. The van der Waals surface area contributed by atoms with Gasteiger partial charge in [0.2, 0.25) is 0 Å². The summed E-state index contributed by atoms with van der Waals surface area (Å²) in [4.78, 5) is 0. The van der Waals surface area contributed by atoms with Crippen LogP contribution in [0.25, 0.3) is 0 Å². The maximum atomic E-state index is 6.58. The Hall–Kier alpha value is -0.0400. The van der Waals surface area contributed by atoms with Crippen LogP contribution in [-0.2, 0) is 0 Å². The summed E-state index contributed by atoms with van der Waals surface area (Å²) < 4.78 is 0. The van der Waals surface area contributed by atoms with Crippen molar-refractivity contribution >= 4 is 0 Å². The summed E-state index contributed by atoms with van der Waals surface area (Å²) in [6.07, 6.45) is 19.4. The highest BCUT2D eigenvalue weighted by molar-refractivity contribution is 5.01. The van der Waals surface area contributed by atoms with Crippen molar-refractivity contribution in [3.05, 3.63) is 0 Å². The van der Waals surface area contributed by atoms with Crippen LogP contribution in [0.15, 0.2) is 0 Å². The summed E-state index contributed by atoms with van der Waals surface area (Å²) in [5, 5.41) is 0. The van der Waals surface area contributed by atoms with E-state index in [-0.39, 0.29) is 0 Å². The van der Waals surface area contributed by atoms with Gasteiger partial charge in [-0.1, -0.05) is 19.3 Å². The van der Waals surface area contributed by atoms with Gasteiger partial charge in [0.1, 0.15) is 0 Å². The molecule has 0 aromatic rings. The second-order valence-electron chi connectivity index (χ2n) is 9.02. The van der Waals surface area contributed by atoms with Gasteiger partial charge in [0.25, 0.3) is 0 Å². The minimum absolute atomic E-state index is 0.517. The summed E-state index contributed by atoms with van der Waals surface area (Å²) >= 11 is 0. The second-order valence-corrected chi connectivity index (χ2v) is 9.02. The third-order valence-electron chi connectivity index (χ3n) is 7.43. The molecule has 1 heteroatoms. The molecule has 0 aliphatic heterocycles. The minimum Gasteiger partial charge on any atom is -0.327 e. The zero-order chi connectivity index (χ0) is 13.6. The van der Waals surface area contributed by atoms with E-state index < -0.39 is 0 Å². The predicted octanol–water partition coefficient (Wildman–Crippen LogP) is 4.89.